The minimum absolute atomic E-state index is 0.0115. The molecule has 0 saturated carbocycles. The first kappa shape index (κ1) is 107. The quantitative estimate of drug-likeness (QED) is 0.00905. The van der Waals surface area contributed by atoms with Gasteiger partial charge in [-0.1, -0.05) is 70.5 Å². The fourth-order valence-corrected chi connectivity index (χ4v) is 13.6. The SMILES string of the molecule is CSCC[C@H](NC(=O)[C@H](Cc1c[nH]c2ccccc12)NC(=O)[C@H](CO)NC(=O)[C@H](CS)NC(=O)[C@H](CS)NC(=O)[C@H](CO)NC(=O)[C@H](Cc1c[nH]c2ccccc12)NC(=O)[C@H](CCSC)NC(=O)[C@H](CCCN=C(N)N)NC(=O)[C@H](CC(C)C)NC(=O)[C@@H](N)CCCCN)C(=O)N[C@@H](CCCN=C(N)N)C(=O)N[C@@H](CC(C)C)C(=O)O.O=C(O)C(F)(F)F. The van der Waals surface area contributed by atoms with Crippen LogP contribution in [0.25, 0.3) is 21.8 Å². The lowest BCUT2D eigenvalue weighted by atomic mass is 10.0. The van der Waals surface area contributed by atoms with Crippen LogP contribution < -0.4 is 98.2 Å². The summed E-state index contributed by atoms with van der Waals surface area (Å²) in [5.41, 5.74) is 36.3. The molecule has 0 bridgehead atoms. The van der Waals surface area contributed by atoms with E-state index < -0.39 is 192 Å². The van der Waals surface area contributed by atoms with Gasteiger partial charge in [0, 0.05) is 71.6 Å². The van der Waals surface area contributed by atoms with Crippen LogP contribution in [0.5, 0.6) is 0 Å². The number of thioether (sulfide) groups is 2. The normalized spacial score (nSPS) is 14.5. The highest BCUT2D eigenvalue weighted by atomic mass is 32.2. The lowest BCUT2D eigenvalue weighted by Gasteiger charge is -2.28. The number of para-hydroxylation sites is 2. The molecule has 0 saturated heterocycles. The number of nitrogens with one attached hydrogen (secondary N) is 14. The van der Waals surface area contributed by atoms with Gasteiger partial charge in [0.25, 0.3) is 0 Å². The van der Waals surface area contributed by atoms with Gasteiger partial charge in [0.2, 0.25) is 70.9 Å². The Bertz CT molecular complexity index is 4200. The number of carbonyl (C=O) groups excluding carboxylic acids is 12. The maximum atomic E-state index is 14.7. The average Bonchev–Trinajstić information content (AvgIpc) is 1.70. The van der Waals surface area contributed by atoms with Crippen LogP contribution in [0, 0.1) is 11.8 Å². The molecular formula is C76H119F3N22O18S4. The summed E-state index contributed by atoms with van der Waals surface area (Å²) in [7, 11) is 0. The molecule has 0 spiro atoms. The Morgan fingerprint density at radius 2 is 0.732 bits per heavy atom. The highest BCUT2D eigenvalue weighted by Crippen LogP contribution is 2.23. The van der Waals surface area contributed by atoms with Gasteiger partial charge in [-0.25, -0.2) is 9.59 Å². The zero-order valence-electron chi connectivity index (χ0n) is 69.2. The number of aliphatic carboxylic acids is 2. The Balaban J connectivity index is 0.00000533. The van der Waals surface area contributed by atoms with Crippen molar-refractivity contribution in [1.29, 1.82) is 0 Å². The lowest BCUT2D eigenvalue weighted by molar-refractivity contribution is -0.192. The van der Waals surface area contributed by atoms with E-state index in [4.69, 9.17) is 44.3 Å². The largest absolute Gasteiger partial charge is 0.490 e. The lowest BCUT2D eigenvalue weighted by Crippen LogP contribution is -2.62. The number of aliphatic imine (C=N–C) groups is 2. The number of aliphatic hydroxyl groups excluding tert-OH is 2. The Morgan fingerprint density at radius 1 is 0.431 bits per heavy atom. The Hall–Kier alpha value is -10.3. The first-order valence-corrected chi connectivity index (χ1v) is 43.5. The van der Waals surface area contributed by atoms with E-state index in [1.54, 1.807) is 87.3 Å². The number of carboxylic acids is 2. The van der Waals surface area contributed by atoms with Crippen molar-refractivity contribution < 1.29 is 101 Å². The molecule has 30 N–H and O–H groups in total. The average molecular weight is 1810 g/mol. The monoisotopic (exact) mass is 1810 g/mol. The van der Waals surface area contributed by atoms with Crippen molar-refractivity contribution in [1.82, 2.24) is 73.8 Å². The number of H-pyrrole nitrogens is 2. The first-order valence-electron chi connectivity index (χ1n) is 39.4. The molecular weight excluding hydrogens is 1690 g/mol. The van der Waals surface area contributed by atoms with Gasteiger partial charge in [-0.15, -0.1) is 0 Å². The van der Waals surface area contributed by atoms with Crippen molar-refractivity contribution in [3.63, 3.8) is 0 Å². The van der Waals surface area contributed by atoms with Gasteiger partial charge in [0.05, 0.1) is 19.3 Å². The van der Waals surface area contributed by atoms with Crippen LogP contribution in [-0.2, 0) is 80.0 Å². The number of fused-ring (bicyclic) bond motifs is 2. The molecule has 0 aliphatic rings. The summed E-state index contributed by atoms with van der Waals surface area (Å²) < 4.78 is 31.7. The second-order valence-corrected chi connectivity index (χ2v) is 32.0. The number of aliphatic hydroxyl groups is 2. The molecule has 4 rings (SSSR count). The summed E-state index contributed by atoms with van der Waals surface area (Å²) in [4.78, 5) is 206. The molecule has 4 aromatic rings. The van der Waals surface area contributed by atoms with Crippen LogP contribution in [0.3, 0.4) is 0 Å². The molecule has 12 amide bonds. The summed E-state index contributed by atoms with van der Waals surface area (Å²) in [6.45, 7) is 5.55. The van der Waals surface area contributed by atoms with Crippen molar-refractivity contribution in [2.75, 3.05) is 68.4 Å². The van der Waals surface area contributed by atoms with Crippen LogP contribution in [0.1, 0.15) is 109 Å². The molecule has 47 heteroatoms. The topological polar surface area (TPSA) is 677 Å². The predicted octanol–water partition coefficient (Wildman–Crippen LogP) is -3.02. The zero-order valence-corrected chi connectivity index (χ0v) is 72.6. The zero-order chi connectivity index (χ0) is 92.2. The first-order chi connectivity index (χ1) is 58.2. The number of benzene rings is 2. The van der Waals surface area contributed by atoms with E-state index in [0.29, 0.717) is 70.2 Å². The van der Waals surface area contributed by atoms with Crippen molar-refractivity contribution in [2.24, 2.45) is 56.2 Å². The van der Waals surface area contributed by atoms with Crippen LogP contribution in [0.15, 0.2) is 70.9 Å². The van der Waals surface area contributed by atoms with Gasteiger partial charge in [0.15, 0.2) is 11.9 Å². The number of aromatic amines is 2. The number of nitrogens with two attached hydrogens (primary N) is 6. The number of carbonyl (C=O) groups is 14. The Labute approximate surface area is 728 Å². The molecule has 0 fully saturated rings. The number of amides is 12. The van der Waals surface area contributed by atoms with Gasteiger partial charge in [0.1, 0.15) is 72.5 Å². The van der Waals surface area contributed by atoms with Crippen molar-refractivity contribution >= 4 is 165 Å². The third-order valence-corrected chi connectivity index (χ3v) is 20.6. The summed E-state index contributed by atoms with van der Waals surface area (Å²) in [5, 5.41) is 70.7. The molecule has 2 heterocycles. The van der Waals surface area contributed by atoms with Crippen LogP contribution in [0.2, 0.25) is 0 Å². The van der Waals surface area contributed by atoms with Crippen molar-refractivity contribution in [3.05, 3.63) is 72.1 Å². The second-order valence-electron chi connectivity index (χ2n) is 29.3. The van der Waals surface area contributed by atoms with E-state index in [9.17, 15) is 90.8 Å². The standard InChI is InChI=1S/C74H118N22O16S4.C2HF3O2/c1-39(2)29-52(89-60(99)45(76)17-11-12-24-75)65(104)86-48(20-13-25-81-73(77)78)61(100)87-51(23-28-116-6)64(103)90-54(32-42-34-84-47-19-10-8-16-44(42)47)67(106)93-57(36-98)69(108)95-59(38-114)71(110)96-58(37-113)70(109)94-56(35-97)68(107)91-53(31-41-33-83-46-18-9-7-15-43(41)46)66(105)88-50(22-27-115-5)63(102)85-49(21-14-26-82-74(79)80)62(101)92-55(72(111)112)30-40(3)4;3-2(4,5)1(6)7/h7-10,15-16,18-19,33-34,39-40,45,48-59,83-84,97-98,113-114H,11-14,17,20-32,35-38,75-76H2,1-6H3,(H,85,102)(H,86,104)(H,87,100)(H,88,105)(H,89,99)(H,90,103)(H,91,107)(H,92,101)(H,93,106)(H,94,109)(H,95,108)(H,96,110)(H,111,112)(H4,77,78,81)(H4,79,80,82);(H,6,7)/t45-,48-,49-,50-,51-,52-,53-,54-,55-,56-,57-,58-,59-;/m0./s1. The minimum Gasteiger partial charge on any atom is -0.480 e. The molecule has 0 aliphatic heterocycles. The highest BCUT2D eigenvalue weighted by Gasteiger charge is 2.40. The van der Waals surface area contributed by atoms with Gasteiger partial charge >= 0.3 is 18.1 Å². The predicted molar refractivity (Wildman–Crippen MR) is 466 cm³/mol. The Kier molecular flexibility index (Phi) is 48.4. The fraction of sp³-hybridized carbons (Fsp3) is 0.579. The summed E-state index contributed by atoms with van der Waals surface area (Å²) in [5.74, 6) is -16.1. The number of nitrogens with zero attached hydrogens (tertiary/aromatic N) is 2. The maximum Gasteiger partial charge on any atom is 0.490 e. The second kappa shape index (κ2) is 55.7. The van der Waals surface area contributed by atoms with Gasteiger partial charge < -0.3 is 129 Å². The maximum absolute atomic E-state index is 14.7. The smallest absolute Gasteiger partial charge is 0.480 e. The Morgan fingerprint density at radius 3 is 1.07 bits per heavy atom. The molecule has 0 aliphatic carbocycles. The van der Waals surface area contributed by atoms with Crippen LogP contribution in [0.4, 0.5) is 13.2 Å². The molecule has 13 atom stereocenters. The highest BCUT2D eigenvalue weighted by molar-refractivity contribution is 7.98. The van der Waals surface area contributed by atoms with Crippen LogP contribution in [-0.4, -0.2) is 278 Å². The molecule has 123 heavy (non-hydrogen) atoms. The number of unbranched alkanes of at least 4 members (excludes halogenated alkanes) is 1. The molecule has 0 unspecified atom stereocenters. The summed E-state index contributed by atoms with van der Waals surface area (Å²) >= 11 is 11.2. The molecule has 0 radical (unpaired) electrons. The van der Waals surface area contributed by atoms with Gasteiger partial charge in [-0.2, -0.15) is 62.0 Å². The number of alkyl halides is 3. The van der Waals surface area contributed by atoms with E-state index in [0.717, 1.165) is 0 Å². The van der Waals surface area contributed by atoms with Crippen molar-refractivity contribution in [2.45, 2.75) is 196 Å². The number of hydrogen-bond donors (Lipinski definition) is 26. The number of rotatable bonds is 55. The number of aromatic nitrogens is 2. The van der Waals surface area contributed by atoms with E-state index >= 15 is 0 Å². The molecule has 40 nitrogen and oxygen atoms in total. The number of guanidine groups is 2. The third kappa shape index (κ3) is 38.5. The van der Waals surface area contributed by atoms with Gasteiger partial charge in [-0.05, 0) is 130 Å². The third-order valence-electron chi connectivity index (χ3n) is 18.6. The number of carboxylic acid groups (broad SMARTS) is 2. The number of thiol groups is 2. The van der Waals surface area contributed by atoms with E-state index in [-0.39, 0.29) is 101 Å². The summed E-state index contributed by atoms with van der Waals surface area (Å²) in [6, 6.07) is -4.74. The molecule has 2 aromatic heterocycles. The number of halogens is 3. The number of hydrogen-bond acceptors (Lipinski definition) is 24. The van der Waals surface area contributed by atoms with Crippen LogP contribution >= 0.6 is 48.8 Å². The van der Waals surface area contributed by atoms with E-state index in [1.807, 2.05) is 13.8 Å². The van der Waals surface area contributed by atoms with Crippen molar-refractivity contribution in [3.8, 4) is 0 Å². The van der Waals surface area contributed by atoms with E-state index in [2.05, 4.69) is 109 Å². The van der Waals surface area contributed by atoms with Gasteiger partial charge in [-0.3, -0.25) is 67.5 Å². The molecule has 686 valence electrons. The summed E-state index contributed by atoms with van der Waals surface area (Å²) in [6.07, 6.45) is 3.08. The molecule has 2 aromatic carbocycles. The fourth-order valence-electron chi connectivity index (χ4n) is 12.1. The minimum atomic E-state index is -5.08. The van der Waals surface area contributed by atoms with E-state index in [1.165, 1.54) is 23.5 Å².